The lowest BCUT2D eigenvalue weighted by Gasteiger charge is -2.28. The van der Waals surface area contributed by atoms with Gasteiger partial charge in [-0.05, 0) is 24.6 Å². The van der Waals surface area contributed by atoms with Crippen LogP contribution in [0.25, 0.3) is 0 Å². The van der Waals surface area contributed by atoms with Crippen molar-refractivity contribution in [1.29, 1.82) is 0 Å². The van der Waals surface area contributed by atoms with Crippen LogP contribution in [0.15, 0.2) is 58.1 Å². The van der Waals surface area contributed by atoms with Gasteiger partial charge in [0.2, 0.25) is 0 Å². The number of rotatable bonds is 6. The minimum atomic E-state index is -0.607. The zero-order chi connectivity index (χ0) is 20.3. The van der Waals surface area contributed by atoms with Gasteiger partial charge in [-0.2, -0.15) is 0 Å². The first kappa shape index (κ1) is 19.8. The third-order valence-electron chi connectivity index (χ3n) is 4.41. The number of thioether (sulfide) groups is 1. The monoisotopic (exact) mass is 399 g/mol. The molecule has 1 aromatic carbocycles. The number of carbonyl (C=O) groups is 1. The van der Waals surface area contributed by atoms with E-state index < -0.39 is 11.9 Å². The van der Waals surface area contributed by atoms with Crippen LogP contribution in [0.1, 0.15) is 24.0 Å². The average Bonchev–Trinajstić information content (AvgIpc) is 2.70. The first-order chi connectivity index (χ1) is 13.5. The molecular weight excluding hydrogens is 378 g/mol. The summed E-state index contributed by atoms with van der Waals surface area (Å²) in [5.74, 6) is 0.624. The van der Waals surface area contributed by atoms with E-state index in [1.54, 1.807) is 32.2 Å². The Balaban J connectivity index is 2.19. The molecule has 0 bridgehead atoms. The van der Waals surface area contributed by atoms with Crippen molar-refractivity contribution in [3.63, 3.8) is 0 Å². The topological polar surface area (TPSA) is 93.3 Å². The predicted octanol–water partition coefficient (Wildman–Crippen LogP) is 3.06. The highest BCUT2D eigenvalue weighted by molar-refractivity contribution is 7.99. The zero-order valence-electron chi connectivity index (χ0n) is 15.9. The van der Waals surface area contributed by atoms with Gasteiger partial charge in [-0.3, -0.25) is 4.79 Å². The van der Waals surface area contributed by atoms with Crippen LogP contribution in [0.4, 0.5) is 5.82 Å². The summed E-state index contributed by atoms with van der Waals surface area (Å²) < 4.78 is 10.2. The minimum Gasteiger partial charge on any atom is -0.497 e. The molecule has 0 saturated heterocycles. The quantitative estimate of drug-likeness (QED) is 0.334. The average molecular weight is 399 g/mol. The highest BCUT2D eigenvalue weighted by Crippen LogP contribution is 2.40. The molecule has 2 aromatic rings. The number of aromatic amines is 1. The van der Waals surface area contributed by atoms with Crippen molar-refractivity contribution < 1.29 is 14.3 Å². The molecule has 1 aliphatic heterocycles. The lowest BCUT2D eigenvalue weighted by atomic mass is 9.82. The maximum absolute atomic E-state index is 12.9. The molecule has 0 radical (unpaired) electrons. The largest absolute Gasteiger partial charge is 0.497 e. The number of anilines is 1. The molecule has 0 saturated carbocycles. The fourth-order valence-corrected chi connectivity index (χ4v) is 3.74. The van der Waals surface area contributed by atoms with Crippen molar-refractivity contribution in [2.45, 2.75) is 18.0 Å². The molecular formula is C20H21N3O4S. The van der Waals surface area contributed by atoms with Gasteiger partial charge in [-0.1, -0.05) is 30.0 Å². The number of H-pyrrole nitrogens is 1. The molecule has 3 rings (SSSR count). The lowest BCUT2D eigenvalue weighted by molar-refractivity contribution is -0.136. The Morgan fingerprint density at radius 1 is 1.32 bits per heavy atom. The first-order valence-electron chi connectivity index (χ1n) is 8.58. The second-order valence-electron chi connectivity index (χ2n) is 6.09. The number of nitrogens with one attached hydrogen (secondary N) is 2. The molecule has 0 fully saturated rings. The number of ether oxygens (including phenoxy) is 2. The van der Waals surface area contributed by atoms with Gasteiger partial charge < -0.3 is 19.8 Å². The van der Waals surface area contributed by atoms with Crippen molar-refractivity contribution in [1.82, 2.24) is 9.97 Å². The van der Waals surface area contributed by atoms with E-state index in [4.69, 9.17) is 9.47 Å². The van der Waals surface area contributed by atoms with Crippen LogP contribution < -0.4 is 15.6 Å². The number of methoxy groups -OCH3 is 2. The number of benzene rings is 1. The molecule has 8 heteroatoms. The number of allylic oxidation sites excluding steroid dienone is 1. The van der Waals surface area contributed by atoms with Gasteiger partial charge in [0, 0.05) is 11.4 Å². The van der Waals surface area contributed by atoms with Crippen LogP contribution in [0.2, 0.25) is 0 Å². The van der Waals surface area contributed by atoms with Crippen LogP contribution >= 0.6 is 11.8 Å². The van der Waals surface area contributed by atoms with Crippen molar-refractivity contribution in [2.75, 3.05) is 25.3 Å². The Kier molecular flexibility index (Phi) is 5.89. The summed E-state index contributed by atoms with van der Waals surface area (Å²) in [5.41, 5.74) is 1.80. The van der Waals surface area contributed by atoms with Crippen molar-refractivity contribution in [3.05, 3.63) is 69.7 Å². The smallest absolute Gasteiger partial charge is 0.336 e. The summed E-state index contributed by atoms with van der Waals surface area (Å²) in [6, 6.07) is 7.23. The third-order valence-corrected chi connectivity index (χ3v) is 5.28. The summed E-state index contributed by atoms with van der Waals surface area (Å²) in [6.45, 7) is 5.45. The number of aromatic nitrogens is 2. The Hall–Kier alpha value is -3.00. The first-order valence-corrected chi connectivity index (χ1v) is 9.56. The summed E-state index contributed by atoms with van der Waals surface area (Å²) in [6.07, 6.45) is 1.73. The van der Waals surface area contributed by atoms with E-state index >= 15 is 0 Å². The SMILES string of the molecule is C=CCSc1nc2c(c(=O)[nH]1)[C@@H](c1ccc(OC)cc1)C(C(=O)OC)=C(C)N2. The summed E-state index contributed by atoms with van der Waals surface area (Å²) in [5, 5.41) is 3.57. The second kappa shape index (κ2) is 8.35. The normalized spacial score (nSPS) is 15.5. The Labute approximate surface area is 166 Å². The molecule has 1 aliphatic rings. The maximum atomic E-state index is 12.9. The maximum Gasteiger partial charge on any atom is 0.336 e. The van der Waals surface area contributed by atoms with Gasteiger partial charge in [0.05, 0.1) is 31.3 Å². The van der Waals surface area contributed by atoms with Crippen molar-refractivity contribution in [2.24, 2.45) is 0 Å². The van der Waals surface area contributed by atoms with E-state index in [1.807, 2.05) is 12.1 Å². The Bertz CT molecular complexity index is 996. The van der Waals surface area contributed by atoms with E-state index in [1.165, 1.54) is 18.9 Å². The van der Waals surface area contributed by atoms with E-state index in [2.05, 4.69) is 21.9 Å². The molecule has 0 amide bonds. The number of carbonyl (C=O) groups excluding carboxylic acids is 1. The van der Waals surface area contributed by atoms with E-state index in [0.717, 1.165) is 5.56 Å². The van der Waals surface area contributed by atoms with Gasteiger partial charge >= 0.3 is 5.97 Å². The van der Waals surface area contributed by atoms with Gasteiger partial charge in [0.15, 0.2) is 5.16 Å². The van der Waals surface area contributed by atoms with E-state index in [0.29, 0.717) is 39.3 Å². The number of esters is 1. The van der Waals surface area contributed by atoms with Crippen molar-refractivity contribution in [3.8, 4) is 5.75 Å². The summed E-state index contributed by atoms with van der Waals surface area (Å²) in [4.78, 5) is 32.8. The molecule has 2 heterocycles. The van der Waals surface area contributed by atoms with E-state index in [9.17, 15) is 9.59 Å². The second-order valence-corrected chi connectivity index (χ2v) is 7.10. The van der Waals surface area contributed by atoms with E-state index in [-0.39, 0.29) is 5.56 Å². The predicted molar refractivity (Wildman–Crippen MR) is 109 cm³/mol. The standard InChI is InChI=1S/C20H21N3O4S/c1-5-10-28-20-22-17-16(18(24)23-20)15(12-6-8-13(26-3)9-7-12)14(11(2)21-17)19(25)27-4/h5-9,15H,1,10H2,2-4H3,(H2,21,22,23,24)/t15-/m0/s1. The molecule has 1 atom stereocenters. The van der Waals surface area contributed by atoms with Crippen LogP contribution in [-0.2, 0) is 9.53 Å². The molecule has 28 heavy (non-hydrogen) atoms. The molecule has 2 N–H and O–H groups in total. The molecule has 146 valence electrons. The lowest BCUT2D eigenvalue weighted by Crippen LogP contribution is -2.31. The fourth-order valence-electron chi connectivity index (χ4n) is 3.15. The number of fused-ring (bicyclic) bond motifs is 1. The number of hydrogen-bond donors (Lipinski definition) is 2. The van der Waals surface area contributed by atoms with Crippen molar-refractivity contribution >= 4 is 23.5 Å². The van der Waals surface area contributed by atoms with Crippen LogP contribution in [0, 0.1) is 0 Å². The summed E-state index contributed by atoms with van der Waals surface area (Å²) >= 11 is 1.37. The Morgan fingerprint density at radius 2 is 2.04 bits per heavy atom. The van der Waals surface area contributed by atoms with Gasteiger partial charge in [0.1, 0.15) is 11.6 Å². The van der Waals surface area contributed by atoms with Crippen LogP contribution in [-0.4, -0.2) is 35.9 Å². The Morgan fingerprint density at radius 3 is 2.64 bits per heavy atom. The zero-order valence-corrected chi connectivity index (χ0v) is 16.7. The third kappa shape index (κ3) is 3.68. The molecule has 7 nitrogen and oxygen atoms in total. The highest BCUT2D eigenvalue weighted by atomic mass is 32.2. The summed E-state index contributed by atoms with van der Waals surface area (Å²) in [7, 11) is 2.90. The molecule has 0 aliphatic carbocycles. The van der Waals surface area contributed by atoms with Gasteiger partial charge in [-0.15, -0.1) is 6.58 Å². The fraction of sp³-hybridized carbons (Fsp3) is 0.250. The minimum absolute atomic E-state index is 0.307. The molecule has 0 spiro atoms. The molecule has 1 aromatic heterocycles. The highest BCUT2D eigenvalue weighted by Gasteiger charge is 2.36. The van der Waals surface area contributed by atoms with Gasteiger partial charge in [0.25, 0.3) is 5.56 Å². The number of hydrogen-bond acceptors (Lipinski definition) is 7. The van der Waals surface area contributed by atoms with Gasteiger partial charge in [-0.25, -0.2) is 9.78 Å². The number of nitrogens with zero attached hydrogens (tertiary/aromatic N) is 1. The molecule has 0 unspecified atom stereocenters. The van der Waals surface area contributed by atoms with Crippen LogP contribution in [0.3, 0.4) is 0 Å². The van der Waals surface area contributed by atoms with Crippen LogP contribution in [0.5, 0.6) is 5.75 Å².